The van der Waals surface area contributed by atoms with E-state index >= 15 is 0 Å². The lowest BCUT2D eigenvalue weighted by molar-refractivity contribution is 0.0600. The van der Waals surface area contributed by atoms with Crippen LogP contribution in [-0.4, -0.2) is 31.5 Å². The molecule has 3 nitrogen and oxygen atoms in total. The van der Waals surface area contributed by atoms with Crippen molar-refractivity contribution in [3.8, 4) is 0 Å². The van der Waals surface area contributed by atoms with E-state index in [1.807, 2.05) is 32.0 Å². The van der Waals surface area contributed by atoms with Crippen molar-refractivity contribution >= 4 is 17.7 Å². The standard InChI is InChI=1S/C14H20O3S/c1-11(2)17-7-8-18-10-12-5-4-6-13(9-12)14(15)16-3/h4-6,9,11H,7-8,10H2,1-3H3. The van der Waals surface area contributed by atoms with Crippen LogP contribution >= 0.6 is 11.8 Å². The molecule has 0 bridgehead atoms. The third-order valence-electron chi connectivity index (χ3n) is 2.30. The van der Waals surface area contributed by atoms with Gasteiger partial charge in [-0.2, -0.15) is 11.8 Å². The van der Waals surface area contributed by atoms with Crippen molar-refractivity contribution in [2.75, 3.05) is 19.5 Å². The molecule has 0 saturated heterocycles. The van der Waals surface area contributed by atoms with Crippen molar-refractivity contribution in [1.82, 2.24) is 0 Å². The summed E-state index contributed by atoms with van der Waals surface area (Å²) in [6.45, 7) is 4.83. The average Bonchev–Trinajstić information content (AvgIpc) is 2.37. The number of ether oxygens (including phenoxy) is 2. The lowest BCUT2D eigenvalue weighted by atomic mass is 10.1. The number of benzene rings is 1. The molecule has 1 rings (SSSR count). The Labute approximate surface area is 113 Å². The Morgan fingerprint density at radius 2 is 2.17 bits per heavy atom. The van der Waals surface area contributed by atoms with Crippen LogP contribution in [0.25, 0.3) is 0 Å². The second-order valence-corrected chi connectivity index (χ2v) is 5.27. The van der Waals surface area contributed by atoms with Crippen molar-refractivity contribution in [3.05, 3.63) is 35.4 Å². The SMILES string of the molecule is COC(=O)c1cccc(CSCCOC(C)C)c1. The molecule has 0 atom stereocenters. The van der Waals surface area contributed by atoms with E-state index in [1.165, 1.54) is 7.11 Å². The molecule has 0 aliphatic heterocycles. The van der Waals surface area contributed by atoms with Crippen LogP contribution in [0.5, 0.6) is 0 Å². The first-order chi connectivity index (χ1) is 8.63. The second-order valence-electron chi connectivity index (χ2n) is 4.16. The summed E-state index contributed by atoms with van der Waals surface area (Å²) in [7, 11) is 1.40. The van der Waals surface area contributed by atoms with Gasteiger partial charge in [-0.05, 0) is 31.5 Å². The summed E-state index contributed by atoms with van der Waals surface area (Å²) < 4.78 is 10.2. The van der Waals surface area contributed by atoms with E-state index in [-0.39, 0.29) is 12.1 Å². The maximum absolute atomic E-state index is 11.4. The van der Waals surface area contributed by atoms with Gasteiger partial charge in [-0.1, -0.05) is 12.1 Å². The van der Waals surface area contributed by atoms with Gasteiger partial charge in [-0.15, -0.1) is 0 Å². The maximum atomic E-state index is 11.4. The molecule has 0 aliphatic carbocycles. The predicted octanol–water partition coefficient (Wildman–Crippen LogP) is 3.13. The Balaban J connectivity index is 2.36. The zero-order valence-electron chi connectivity index (χ0n) is 11.1. The van der Waals surface area contributed by atoms with E-state index in [0.717, 1.165) is 23.7 Å². The number of methoxy groups -OCH3 is 1. The average molecular weight is 268 g/mol. The molecule has 0 fully saturated rings. The van der Waals surface area contributed by atoms with Gasteiger partial charge < -0.3 is 9.47 Å². The molecule has 1 aromatic rings. The van der Waals surface area contributed by atoms with Crippen molar-refractivity contribution < 1.29 is 14.3 Å². The van der Waals surface area contributed by atoms with Gasteiger partial charge in [-0.25, -0.2) is 4.79 Å². The predicted molar refractivity (Wildman–Crippen MR) is 75.0 cm³/mol. The fraction of sp³-hybridized carbons (Fsp3) is 0.500. The van der Waals surface area contributed by atoms with Crippen molar-refractivity contribution in [3.63, 3.8) is 0 Å². The van der Waals surface area contributed by atoms with Gasteiger partial charge >= 0.3 is 5.97 Å². The van der Waals surface area contributed by atoms with E-state index in [1.54, 1.807) is 17.8 Å². The highest BCUT2D eigenvalue weighted by Crippen LogP contribution is 2.14. The van der Waals surface area contributed by atoms with Crippen LogP contribution in [0.4, 0.5) is 0 Å². The number of carbonyl (C=O) groups is 1. The summed E-state index contributed by atoms with van der Waals surface area (Å²) in [5.41, 5.74) is 1.74. The van der Waals surface area contributed by atoms with Crippen molar-refractivity contribution in [2.45, 2.75) is 25.7 Å². The molecule has 0 spiro atoms. The quantitative estimate of drug-likeness (QED) is 0.562. The Hall–Kier alpha value is -1.00. The van der Waals surface area contributed by atoms with E-state index in [0.29, 0.717) is 5.56 Å². The lowest BCUT2D eigenvalue weighted by Gasteiger charge is -2.07. The maximum Gasteiger partial charge on any atom is 0.337 e. The van der Waals surface area contributed by atoms with Crippen LogP contribution in [0.1, 0.15) is 29.8 Å². The number of rotatable bonds is 7. The number of hydrogen-bond donors (Lipinski definition) is 0. The fourth-order valence-electron chi connectivity index (χ4n) is 1.44. The molecule has 0 saturated carbocycles. The third kappa shape index (κ3) is 5.56. The molecule has 100 valence electrons. The highest BCUT2D eigenvalue weighted by molar-refractivity contribution is 7.98. The molecule has 4 heteroatoms. The molecule has 0 unspecified atom stereocenters. The monoisotopic (exact) mass is 268 g/mol. The molecule has 0 amide bonds. The molecule has 0 N–H and O–H groups in total. The van der Waals surface area contributed by atoms with E-state index in [4.69, 9.17) is 9.47 Å². The Morgan fingerprint density at radius 3 is 2.83 bits per heavy atom. The van der Waals surface area contributed by atoms with Gasteiger partial charge in [0.2, 0.25) is 0 Å². The Morgan fingerprint density at radius 1 is 1.39 bits per heavy atom. The Bertz CT molecular complexity index is 377. The molecule has 1 aromatic carbocycles. The molecule has 18 heavy (non-hydrogen) atoms. The number of thioether (sulfide) groups is 1. The molecule has 0 aromatic heterocycles. The summed E-state index contributed by atoms with van der Waals surface area (Å²) in [5.74, 6) is 1.55. The first-order valence-electron chi connectivity index (χ1n) is 6.00. The zero-order chi connectivity index (χ0) is 13.4. The summed E-state index contributed by atoms with van der Waals surface area (Å²) in [6, 6.07) is 7.54. The highest BCUT2D eigenvalue weighted by atomic mass is 32.2. The first-order valence-corrected chi connectivity index (χ1v) is 7.15. The van der Waals surface area contributed by atoms with E-state index in [2.05, 4.69) is 0 Å². The van der Waals surface area contributed by atoms with Gasteiger partial charge in [0.25, 0.3) is 0 Å². The van der Waals surface area contributed by atoms with Crippen molar-refractivity contribution in [1.29, 1.82) is 0 Å². The van der Waals surface area contributed by atoms with Gasteiger partial charge in [-0.3, -0.25) is 0 Å². The normalized spacial score (nSPS) is 10.7. The number of hydrogen-bond acceptors (Lipinski definition) is 4. The zero-order valence-corrected chi connectivity index (χ0v) is 12.0. The molecule has 0 heterocycles. The summed E-state index contributed by atoms with van der Waals surface area (Å²) in [6.07, 6.45) is 0.285. The Kier molecular flexibility index (Phi) is 6.83. The van der Waals surface area contributed by atoms with E-state index < -0.39 is 0 Å². The number of esters is 1. The summed E-state index contributed by atoms with van der Waals surface area (Å²) in [5, 5.41) is 0. The minimum absolute atomic E-state index is 0.285. The van der Waals surface area contributed by atoms with Crippen LogP contribution in [0, 0.1) is 0 Å². The smallest absolute Gasteiger partial charge is 0.337 e. The molecule has 0 radical (unpaired) electrons. The minimum atomic E-state index is -0.287. The highest BCUT2D eigenvalue weighted by Gasteiger charge is 2.05. The second kappa shape index (κ2) is 8.16. The van der Waals surface area contributed by atoms with Gasteiger partial charge in [0.15, 0.2) is 0 Å². The largest absolute Gasteiger partial charge is 0.465 e. The van der Waals surface area contributed by atoms with Crippen LogP contribution in [-0.2, 0) is 15.2 Å². The van der Waals surface area contributed by atoms with E-state index in [9.17, 15) is 4.79 Å². The van der Waals surface area contributed by atoms with Crippen LogP contribution in [0.2, 0.25) is 0 Å². The fourth-order valence-corrected chi connectivity index (χ4v) is 2.21. The molecular weight excluding hydrogens is 248 g/mol. The first kappa shape index (κ1) is 15.1. The summed E-state index contributed by atoms with van der Waals surface area (Å²) >= 11 is 1.80. The van der Waals surface area contributed by atoms with Gasteiger partial charge in [0.05, 0.1) is 25.4 Å². The summed E-state index contributed by atoms with van der Waals surface area (Å²) in [4.78, 5) is 11.4. The lowest BCUT2D eigenvalue weighted by Crippen LogP contribution is -2.05. The minimum Gasteiger partial charge on any atom is -0.465 e. The van der Waals surface area contributed by atoms with Gasteiger partial charge in [0, 0.05) is 11.5 Å². The number of carbonyl (C=O) groups excluding carboxylic acids is 1. The van der Waals surface area contributed by atoms with Crippen molar-refractivity contribution in [2.24, 2.45) is 0 Å². The molecular formula is C14H20O3S. The topological polar surface area (TPSA) is 35.5 Å². The van der Waals surface area contributed by atoms with Gasteiger partial charge in [0.1, 0.15) is 0 Å². The van der Waals surface area contributed by atoms with Crippen LogP contribution in [0.3, 0.4) is 0 Å². The van der Waals surface area contributed by atoms with Crippen LogP contribution < -0.4 is 0 Å². The molecule has 0 aliphatic rings. The third-order valence-corrected chi connectivity index (χ3v) is 3.29. The van der Waals surface area contributed by atoms with Crippen LogP contribution in [0.15, 0.2) is 24.3 Å².